The van der Waals surface area contributed by atoms with Gasteiger partial charge in [0.05, 0.1) is 14.2 Å². The second kappa shape index (κ2) is 9.98. The number of likely N-dealkylation sites (tertiary alicyclic amines) is 1. The van der Waals surface area contributed by atoms with E-state index in [1.807, 2.05) is 53.4 Å². The van der Waals surface area contributed by atoms with Crippen molar-refractivity contribution in [1.82, 2.24) is 4.90 Å². The molecule has 0 N–H and O–H groups in total. The van der Waals surface area contributed by atoms with Crippen LogP contribution < -0.4 is 14.4 Å². The van der Waals surface area contributed by atoms with Crippen LogP contribution in [0.5, 0.6) is 11.5 Å². The van der Waals surface area contributed by atoms with Gasteiger partial charge in [-0.2, -0.15) is 11.3 Å². The number of ether oxygens (including phenoxy) is 2. The van der Waals surface area contributed by atoms with Gasteiger partial charge in [0.15, 0.2) is 0 Å². The topological polar surface area (TPSA) is 42.0 Å². The number of anilines is 1. The number of carbonyl (C=O) groups is 1. The molecule has 0 aliphatic carbocycles. The van der Waals surface area contributed by atoms with Crippen LogP contribution in [0.1, 0.15) is 28.8 Å². The Kier molecular flexibility index (Phi) is 6.89. The minimum absolute atomic E-state index is 0.0177. The Morgan fingerprint density at radius 1 is 0.968 bits per heavy atom. The Bertz CT molecular complexity index is 963. The zero-order valence-electron chi connectivity index (χ0n) is 18.0. The summed E-state index contributed by atoms with van der Waals surface area (Å²) in [6.45, 7) is 2.93. The molecule has 3 aromatic rings. The van der Waals surface area contributed by atoms with Gasteiger partial charge >= 0.3 is 0 Å². The number of nitrogens with zero attached hydrogens (tertiary/aromatic N) is 2. The lowest BCUT2D eigenvalue weighted by Crippen LogP contribution is -2.47. The maximum atomic E-state index is 13.6. The molecule has 0 saturated carbocycles. The van der Waals surface area contributed by atoms with E-state index in [4.69, 9.17) is 9.47 Å². The highest BCUT2D eigenvalue weighted by molar-refractivity contribution is 7.07. The van der Waals surface area contributed by atoms with Crippen LogP contribution >= 0.6 is 11.3 Å². The molecule has 1 amide bonds. The first-order chi connectivity index (χ1) is 15.2. The summed E-state index contributed by atoms with van der Waals surface area (Å²) in [5, 5.41) is 4.34. The molecule has 0 radical (unpaired) electrons. The van der Waals surface area contributed by atoms with E-state index in [1.54, 1.807) is 25.6 Å². The Balaban J connectivity index is 1.54. The van der Waals surface area contributed by atoms with Crippen LogP contribution in [0.15, 0.2) is 65.4 Å². The van der Waals surface area contributed by atoms with Crippen LogP contribution in [0, 0.1) is 0 Å². The second-order valence-electron chi connectivity index (χ2n) is 7.74. The Morgan fingerprint density at radius 2 is 1.58 bits per heavy atom. The van der Waals surface area contributed by atoms with Gasteiger partial charge in [-0.05, 0) is 83.8 Å². The monoisotopic (exact) mass is 436 g/mol. The molecule has 0 atom stereocenters. The highest BCUT2D eigenvalue weighted by Crippen LogP contribution is 2.28. The van der Waals surface area contributed by atoms with E-state index in [0.717, 1.165) is 49.7 Å². The number of piperidine rings is 1. The Morgan fingerprint density at radius 3 is 2.13 bits per heavy atom. The molecular weight excluding hydrogens is 408 g/mol. The van der Waals surface area contributed by atoms with Crippen molar-refractivity contribution in [2.45, 2.75) is 25.4 Å². The summed E-state index contributed by atoms with van der Waals surface area (Å²) < 4.78 is 10.6. The molecule has 0 bridgehead atoms. The van der Waals surface area contributed by atoms with Crippen molar-refractivity contribution in [3.8, 4) is 11.5 Å². The van der Waals surface area contributed by atoms with Crippen LogP contribution in [0.25, 0.3) is 0 Å². The maximum absolute atomic E-state index is 13.6. The molecule has 2 aromatic carbocycles. The van der Waals surface area contributed by atoms with Gasteiger partial charge in [0.2, 0.25) is 0 Å². The van der Waals surface area contributed by atoms with E-state index in [1.165, 1.54) is 5.56 Å². The third-order valence-electron chi connectivity index (χ3n) is 5.81. The first-order valence-corrected chi connectivity index (χ1v) is 11.5. The molecule has 1 aliphatic rings. The smallest absolute Gasteiger partial charge is 0.258 e. The normalized spacial score (nSPS) is 14.9. The number of carbonyl (C=O) groups excluding carboxylic acids is 1. The molecule has 1 fully saturated rings. The van der Waals surface area contributed by atoms with Gasteiger partial charge in [0, 0.05) is 36.9 Å². The lowest BCUT2D eigenvalue weighted by atomic mass is 10.00. The third-order valence-corrected chi connectivity index (χ3v) is 6.55. The van der Waals surface area contributed by atoms with Gasteiger partial charge in [-0.25, -0.2) is 0 Å². The van der Waals surface area contributed by atoms with E-state index in [9.17, 15) is 4.79 Å². The standard InChI is InChI=1S/C25H28N2O3S/c1-29-23-7-3-20(4-8-23)25(28)27(21-5-9-24(30-2)10-6-21)22-11-14-26(15-12-22)17-19-13-16-31-18-19/h3-10,13,16,18,22H,11-12,14-15,17H2,1-2H3. The third kappa shape index (κ3) is 5.09. The van der Waals surface area contributed by atoms with E-state index in [0.29, 0.717) is 5.56 Å². The average molecular weight is 437 g/mol. The fourth-order valence-corrected chi connectivity index (χ4v) is 4.75. The molecule has 6 heteroatoms. The van der Waals surface area contributed by atoms with E-state index in [-0.39, 0.29) is 11.9 Å². The van der Waals surface area contributed by atoms with Crippen molar-refractivity contribution in [3.63, 3.8) is 0 Å². The summed E-state index contributed by atoms with van der Waals surface area (Å²) in [5.74, 6) is 1.55. The van der Waals surface area contributed by atoms with Crippen molar-refractivity contribution in [1.29, 1.82) is 0 Å². The lowest BCUT2D eigenvalue weighted by molar-refractivity contribution is 0.0958. The maximum Gasteiger partial charge on any atom is 0.258 e. The number of hydrogen-bond donors (Lipinski definition) is 0. The Hall–Kier alpha value is -2.83. The zero-order chi connectivity index (χ0) is 21.6. The number of benzene rings is 2. The van der Waals surface area contributed by atoms with Gasteiger partial charge < -0.3 is 14.4 Å². The van der Waals surface area contributed by atoms with Gasteiger partial charge in [-0.15, -0.1) is 0 Å². The van der Waals surface area contributed by atoms with Crippen molar-refractivity contribution >= 4 is 22.9 Å². The predicted molar refractivity (Wildman–Crippen MR) is 125 cm³/mol. The van der Waals surface area contributed by atoms with Gasteiger partial charge in [0.25, 0.3) is 5.91 Å². The van der Waals surface area contributed by atoms with Gasteiger partial charge in [-0.1, -0.05) is 0 Å². The Labute approximate surface area is 187 Å². The van der Waals surface area contributed by atoms with Crippen molar-refractivity contribution in [2.24, 2.45) is 0 Å². The van der Waals surface area contributed by atoms with Crippen LogP contribution in [-0.2, 0) is 6.54 Å². The summed E-state index contributed by atoms with van der Waals surface area (Å²) in [6.07, 6.45) is 1.89. The second-order valence-corrected chi connectivity index (χ2v) is 8.52. The fourth-order valence-electron chi connectivity index (χ4n) is 4.09. The molecule has 0 spiro atoms. The molecule has 5 nitrogen and oxygen atoms in total. The molecule has 162 valence electrons. The predicted octanol–water partition coefficient (Wildman–Crippen LogP) is 5.08. The summed E-state index contributed by atoms with van der Waals surface area (Å²) in [7, 11) is 3.28. The van der Waals surface area contributed by atoms with Crippen LogP contribution in [0.3, 0.4) is 0 Å². The summed E-state index contributed by atoms with van der Waals surface area (Å²) in [4.78, 5) is 18.0. The van der Waals surface area contributed by atoms with Gasteiger partial charge in [0.1, 0.15) is 11.5 Å². The van der Waals surface area contributed by atoms with Crippen molar-refractivity contribution in [3.05, 3.63) is 76.5 Å². The van der Waals surface area contributed by atoms with Crippen molar-refractivity contribution < 1.29 is 14.3 Å². The van der Waals surface area contributed by atoms with Crippen LogP contribution in [-0.4, -0.2) is 44.2 Å². The number of rotatable bonds is 7. The lowest BCUT2D eigenvalue weighted by Gasteiger charge is -2.38. The molecule has 1 aliphatic heterocycles. The highest BCUT2D eigenvalue weighted by Gasteiger charge is 2.30. The number of amides is 1. The van der Waals surface area contributed by atoms with Crippen LogP contribution in [0.2, 0.25) is 0 Å². The minimum Gasteiger partial charge on any atom is -0.497 e. The SMILES string of the molecule is COc1ccc(C(=O)N(c2ccc(OC)cc2)C2CCN(Cc3ccsc3)CC2)cc1. The molecular formula is C25H28N2O3S. The zero-order valence-corrected chi connectivity index (χ0v) is 18.8. The number of methoxy groups -OCH3 is 2. The largest absolute Gasteiger partial charge is 0.497 e. The highest BCUT2D eigenvalue weighted by atomic mass is 32.1. The fraction of sp³-hybridized carbons (Fsp3) is 0.320. The van der Waals surface area contributed by atoms with Crippen LogP contribution in [0.4, 0.5) is 5.69 Å². The molecule has 1 aromatic heterocycles. The minimum atomic E-state index is 0.0177. The van der Waals surface area contributed by atoms with Crippen molar-refractivity contribution in [2.75, 3.05) is 32.2 Å². The molecule has 0 unspecified atom stereocenters. The quantitative estimate of drug-likeness (QED) is 0.518. The molecule has 1 saturated heterocycles. The summed E-state index contributed by atoms with van der Waals surface area (Å²) >= 11 is 1.74. The van der Waals surface area contributed by atoms with Gasteiger partial charge in [-0.3, -0.25) is 9.69 Å². The average Bonchev–Trinajstić information content (AvgIpc) is 3.34. The first-order valence-electron chi connectivity index (χ1n) is 10.5. The number of hydrogen-bond acceptors (Lipinski definition) is 5. The van der Waals surface area contributed by atoms with E-state index >= 15 is 0 Å². The van der Waals surface area contributed by atoms with E-state index < -0.39 is 0 Å². The first kappa shape index (κ1) is 21.4. The van der Waals surface area contributed by atoms with E-state index in [2.05, 4.69) is 21.7 Å². The molecule has 31 heavy (non-hydrogen) atoms. The molecule has 4 rings (SSSR count). The summed E-state index contributed by atoms with van der Waals surface area (Å²) in [6, 6.07) is 17.5. The summed E-state index contributed by atoms with van der Waals surface area (Å²) in [5.41, 5.74) is 2.93. The molecule has 2 heterocycles. The number of thiophene rings is 1.